The number of carbonyl (C=O) groups is 2. The van der Waals surface area contributed by atoms with E-state index in [-0.39, 0.29) is 36.7 Å². The summed E-state index contributed by atoms with van der Waals surface area (Å²) in [5.41, 5.74) is 3.69. The lowest BCUT2D eigenvalue weighted by Gasteiger charge is -2.34. The maximum absolute atomic E-state index is 13.1. The fraction of sp³-hybridized carbons (Fsp3) is 0.483. The number of nitrogens with one attached hydrogen (secondary N) is 2. The molecule has 0 radical (unpaired) electrons. The molecule has 212 valence electrons. The lowest BCUT2D eigenvalue weighted by atomic mass is 10.0. The summed E-state index contributed by atoms with van der Waals surface area (Å²) >= 11 is 0. The van der Waals surface area contributed by atoms with Gasteiger partial charge in [0.15, 0.2) is 11.4 Å². The number of benzene rings is 1. The van der Waals surface area contributed by atoms with Crippen LogP contribution < -0.4 is 10.6 Å². The number of amides is 1. The summed E-state index contributed by atoms with van der Waals surface area (Å²) in [6.07, 6.45) is 5.11. The predicted molar refractivity (Wildman–Crippen MR) is 151 cm³/mol. The Morgan fingerprint density at radius 2 is 1.95 bits per heavy atom. The smallest absolute Gasteiger partial charge is 0.246 e. The van der Waals surface area contributed by atoms with Gasteiger partial charge in [-0.2, -0.15) is 19.6 Å². The standard InChI is InChI=1S/C29H37N7O4/c1-4-26(38)35-10-13-40-18-24(35)25(37)15-20-6-5-7-21(14-20)16-30-29-34-28(32-22-8-11-39-12-9-22)33-27-23(19(2)3)17-31-36(27)29/h4-7,14,17,19,22,24H,1,8-13,15-16,18H2,2-3H3,(H2,30,32,33,34). The number of hydrogen-bond acceptors (Lipinski definition) is 9. The molecule has 2 aromatic heterocycles. The molecule has 2 aliphatic rings. The van der Waals surface area contributed by atoms with Gasteiger partial charge in [0.1, 0.15) is 6.04 Å². The summed E-state index contributed by atoms with van der Waals surface area (Å²) < 4.78 is 12.7. The van der Waals surface area contributed by atoms with Gasteiger partial charge in [-0.15, -0.1) is 0 Å². The van der Waals surface area contributed by atoms with Crippen molar-refractivity contribution in [3.63, 3.8) is 0 Å². The number of Topliss-reactive ketones (excluding diaryl/α,β-unsaturated/α-hetero) is 1. The van der Waals surface area contributed by atoms with Gasteiger partial charge in [-0.3, -0.25) is 9.59 Å². The Hall–Kier alpha value is -3.83. The largest absolute Gasteiger partial charge is 0.381 e. The van der Waals surface area contributed by atoms with Gasteiger partial charge in [0.05, 0.1) is 19.4 Å². The molecule has 0 aliphatic carbocycles. The lowest BCUT2D eigenvalue weighted by molar-refractivity contribution is -0.143. The van der Waals surface area contributed by atoms with E-state index in [1.54, 1.807) is 9.42 Å². The molecular weight excluding hydrogens is 510 g/mol. The van der Waals surface area contributed by atoms with E-state index in [0.29, 0.717) is 31.6 Å². The molecule has 40 heavy (non-hydrogen) atoms. The molecule has 3 aromatic rings. The summed E-state index contributed by atoms with van der Waals surface area (Å²) in [4.78, 5) is 36.5. The molecule has 4 heterocycles. The molecule has 1 aromatic carbocycles. The Labute approximate surface area is 234 Å². The van der Waals surface area contributed by atoms with Crippen molar-refractivity contribution in [1.82, 2.24) is 24.5 Å². The molecule has 2 N–H and O–H groups in total. The molecule has 1 amide bonds. The number of aromatic nitrogens is 4. The number of carbonyl (C=O) groups excluding carboxylic acids is 2. The van der Waals surface area contributed by atoms with Gasteiger partial charge in [-0.05, 0) is 36.0 Å². The predicted octanol–water partition coefficient (Wildman–Crippen LogP) is 2.98. The second-order valence-electron chi connectivity index (χ2n) is 10.5. The first-order valence-electron chi connectivity index (χ1n) is 13.9. The zero-order valence-corrected chi connectivity index (χ0v) is 23.1. The fourth-order valence-electron chi connectivity index (χ4n) is 5.11. The Morgan fingerprint density at radius 3 is 2.73 bits per heavy atom. The minimum Gasteiger partial charge on any atom is -0.381 e. The van der Waals surface area contributed by atoms with E-state index in [2.05, 4.69) is 36.2 Å². The van der Waals surface area contributed by atoms with Crippen LogP contribution in [0, 0.1) is 0 Å². The van der Waals surface area contributed by atoms with Crippen LogP contribution in [0.4, 0.5) is 11.9 Å². The first-order chi connectivity index (χ1) is 19.4. The summed E-state index contributed by atoms with van der Waals surface area (Å²) in [6, 6.07) is 7.51. The maximum Gasteiger partial charge on any atom is 0.246 e. The molecule has 0 bridgehead atoms. The molecule has 0 spiro atoms. The summed E-state index contributed by atoms with van der Waals surface area (Å²) in [6.45, 7) is 10.7. The lowest BCUT2D eigenvalue weighted by Crippen LogP contribution is -2.52. The third-order valence-electron chi connectivity index (χ3n) is 7.35. The van der Waals surface area contributed by atoms with Gasteiger partial charge in [0.25, 0.3) is 0 Å². The Morgan fingerprint density at radius 1 is 1.15 bits per heavy atom. The van der Waals surface area contributed by atoms with Crippen LogP contribution in [0.5, 0.6) is 0 Å². The molecular formula is C29H37N7O4. The molecule has 1 atom stereocenters. The number of nitrogens with zero attached hydrogens (tertiary/aromatic N) is 5. The first-order valence-corrected chi connectivity index (χ1v) is 13.9. The first kappa shape index (κ1) is 27.7. The highest BCUT2D eigenvalue weighted by molar-refractivity contribution is 5.94. The van der Waals surface area contributed by atoms with Gasteiger partial charge in [-0.25, -0.2) is 0 Å². The number of ketones is 1. The summed E-state index contributed by atoms with van der Waals surface area (Å²) in [5, 5.41) is 11.5. The van der Waals surface area contributed by atoms with Crippen LogP contribution in [0.3, 0.4) is 0 Å². The number of ether oxygens (including phenoxy) is 2. The van der Waals surface area contributed by atoms with Crippen LogP contribution in [0.25, 0.3) is 5.65 Å². The Bertz CT molecular complexity index is 1370. The topological polar surface area (TPSA) is 123 Å². The second-order valence-corrected chi connectivity index (χ2v) is 10.5. The highest BCUT2D eigenvalue weighted by Crippen LogP contribution is 2.23. The molecule has 11 heteroatoms. The molecule has 2 aliphatic heterocycles. The van der Waals surface area contributed by atoms with Crippen LogP contribution in [-0.4, -0.2) is 81.2 Å². The minimum atomic E-state index is -0.605. The maximum atomic E-state index is 13.1. The number of morpholine rings is 1. The quantitative estimate of drug-likeness (QED) is 0.369. The summed E-state index contributed by atoms with van der Waals surface area (Å²) in [5.74, 6) is 1.11. The van der Waals surface area contributed by atoms with Gasteiger partial charge < -0.3 is 25.0 Å². The fourth-order valence-corrected chi connectivity index (χ4v) is 5.11. The normalized spacial score (nSPS) is 18.2. The Balaban J connectivity index is 1.31. The van der Waals surface area contributed by atoms with Gasteiger partial charge in [-0.1, -0.05) is 44.7 Å². The average molecular weight is 548 g/mol. The van der Waals surface area contributed by atoms with Gasteiger partial charge in [0.2, 0.25) is 17.8 Å². The van der Waals surface area contributed by atoms with Crippen molar-refractivity contribution in [2.45, 2.75) is 57.7 Å². The minimum absolute atomic E-state index is 0.0564. The Kier molecular flexibility index (Phi) is 8.71. The SMILES string of the molecule is C=CC(=O)N1CCOCC1C(=O)Cc1cccc(CNc2nc(NC3CCOCC3)nc3c(C(C)C)cnn23)c1. The zero-order valence-electron chi connectivity index (χ0n) is 23.1. The number of fused-ring (bicyclic) bond motifs is 1. The van der Waals surface area contributed by atoms with Crippen molar-refractivity contribution >= 4 is 29.2 Å². The van der Waals surface area contributed by atoms with Gasteiger partial charge >= 0.3 is 0 Å². The molecule has 1 unspecified atom stereocenters. The number of anilines is 2. The molecule has 5 rings (SSSR count). The van der Waals surface area contributed by atoms with E-state index >= 15 is 0 Å². The highest BCUT2D eigenvalue weighted by Gasteiger charge is 2.31. The van der Waals surface area contributed by atoms with E-state index in [4.69, 9.17) is 19.4 Å². The van der Waals surface area contributed by atoms with Crippen LogP contribution in [0.15, 0.2) is 43.1 Å². The van der Waals surface area contributed by atoms with Crippen LogP contribution in [0.1, 0.15) is 49.3 Å². The van der Waals surface area contributed by atoms with Crippen molar-refractivity contribution in [1.29, 1.82) is 0 Å². The van der Waals surface area contributed by atoms with Crippen LogP contribution in [-0.2, 0) is 32.0 Å². The third-order valence-corrected chi connectivity index (χ3v) is 7.35. The molecule has 0 saturated carbocycles. The van der Waals surface area contributed by atoms with E-state index in [1.165, 1.54) is 6.08 Å². The summed E-state index contributed by atoms with van der Waals surface area (Å²) in [7, 11) is 0. The van der Waals surface area contributed by atoms with Crippen molar-refractivity contribution in [2.24, 2.45) is 0 Å². The number of hydrogen-bond donors (Lipinski definition) is 2. The molecule has 11 nitrogen and oxygen atoms in total. The highest BCUT2D eigenvalue weighted by atomic mass is 16.5. The van der Waals surface area contributed by atoms with E-state index in [0.717, 1.165) is 48.4 Å². The van der Waals surface area contributed by atoms with E-state index < -0.39 is 6.04 Å². The number of rotatable bonds is 10. The second kappa shape index (κ2) is 12.6. The third kappa shape index (κ3) is 6.31. The molecule has 2 saturated heterocycles. The zero-order chi connectivity index (χ0) is 28.1. The van der Waals surface area contributed by atoms with Crippen LogP contribution >= 0.6 is 0 Å². The molecule has 2 fully saturated rings. The monoisotopic (exact) mass is 547 g/mol. The van der Waals surface area contributed by atoms with Crippen molar-refractivity contribution in [3.05, 3.63) is 59.8 Å². The van der Waals surface area contributed by atoms with E-state index in [1.807, 2.05) is 30.5 Å². The van der Waals surface area contributed by atoms with Crippen molar-refractivity contribution in [2.75, 3.05) is 43.6 Å². The van der Waals surface area contributed by atoms with Crippen molar-refractivity contribution < 1.29 is 19.1 Å². The van der Waals surface area contributed by atoms with E-state index in [9.17, 15) is 9.59 Å². The van der Waals surface area contributed by atoms with Crippen molar-refractivity contribution in [3.8, 4) is 0 Å². The average Bonchev–Trinajstić information content (AvgIpc) is 3.41. The van der Waals surface area contributed by atoms with Gasteiger partial charge in [0, 0.05) is 44.3 Å². The van der Waals surface area contributed by atoms with Crippen LogP contribution in [0.2, 0.25) is 0 Å².